The first-order valence-electron chi connectivity index (χ1n) is 6.86. The van der Waals surface area contributed by atoms with E-state index in [0.29, 0.717) is 0 Å². The summed E-state index contributed by atoms with van der Waals surface area (Å²) in [4.78, 5) is 0. The summed E-state index contributed by atoms with van der Waals surface area (Å²) in [6.07, 6.45) is 0. The zero-order chi connectivity index (χ0) is 13.9. The summed E-state index contributed by atoms with van der Waals surface area (Å²) < 4.78 is 0. The minimum absolute atomic E-state index is 1.13. The van der Waals surface area contributed by atoms with Crippen molar-refractivity contribution in [3.63, 3.8) is 0 Å². The minimum atomic E-state index is 1.13. The summed E-state index contributed by atoms with van der Waals surface area (Å²) in [7, 11) is 0. The van der Waals surface area contributed by atoms with Gasteiger partial charge in [0.2, 0.25) is 0 Å². The number of aryl methyl sites for hydroxylation is 1. The Labute approximate surface area is 115 Å². The average Bonchev–Trinajstić information content (AvgIpc) is 2.78. The molecule has 0 saturated heterocycles. The van der Waals surface area contributed by atoms with Crippen molar-refractivity contribution < 1.29 is 0 Å². The molecule has 0 fully saturated rings. The van der Waals surface area contributed by atoms with Crippen molar-refractivity contribution in [1.29, 1.82) is 0 Å². The molecule has 0 unspecified atom stereocenters. The van der Waals surface area contributed by atoms with Gasteiger partial charge in [0, 0.05) is 11.1 Å². The Hall–Kier alpha value is -1.76. The average molecular weight is 250 g/mol. The summed E-state index contributed by atoms with van der Waals surface area (Å²) in [5, 5.41) is 4.88. The maximum Gasteiger partial charge on any atom is 0.0751 e. The fourth-order valence-corrected chi connectivity index (χ4v) is 3.07. The molecule has 1 aliphatic heterocycles. The van der Waals surface area contributed by atoms with Gasteiger partial charge in [0.1, 0.15) is 0 Å². The van der Waals surface area contributed by atoms with Gasteiger partial charge in [0.25, 0.3) is 0 Å². The highest BCUT2D eigenvalue weighted by atomic mass is 14.9. The lowest BCUT2D eigenvalue weighted by Crippen LogP contribution is -1.96. The van der Waals surface area contributed by atoms with E-state index >= 15 is 0 Å². The topological polar surface area (TPSA) is 14.1 Å². The Balaban J connectivity index is 2.45. The van der Waals surface area contributed by atoms with Crippen LogP contribution in [-0.4, -0.2) is 0 Å². The van der Waals surface area contributed by atoms with Gasteiger partial charge in [-0.3, -0.25) is 0 Å². The normalized spacial score (nSPS) is 12.1. The molecule has 1 nitrogen and oxygen atoms in total. The fourth-order valence-electron chi connectivity index (χ4n) is 3.07. The second-order valence-corrected chi connectivity index (χ2v) is 5.74. The molecule has 1 radical (unpaired) electrons. The van der Waals surface area contributed by atoms with Crippen LogP contribution in [0.15, 0.2) is 12.1 Å². The highest BCUT2D eigenvalue weighted by Crippen LogP contribution is 2.50. The van der Waals surface area contributed by atoms with Gasteiger partial charge in [0.15, 0.2) is 0 Å². The number of fused-ring (bicyclic) bond motifs is 3. The molecule has 1 aliphatic rings. The van der Waals surface area contributed by atoms with E-state index in [1.807, 2.05) is 0 Å². The van der Waals surface area contributed by atoms with Crippen LogP contribution in [0.25, 0.3) is 11.1 Å². The van der Waals surface area contributed by atoms with E-state index < -0.39 is 0 Å². The van der Waals surface area contributed by atoms with Crippen molar-refractivity contribution >= 4 is 11.4 Å². The lowest BCUT2D eigenvalue weighted by atomic mass is 9.88. The lowest BCUT2D eigenvalue weighted by molar-refractivity contribution is 1.15. The van der Waals surface area contributed by atoms with Gasteiger partial charge >= 0.3 is 0 Å². The second kappa shape index (κ2) is 3.86. The van der Waals surface area contributed by atoms with Gasteiger partial charge in [-0.1, -0.05) is 6.07 Å². The number of rotatable bonds is 0. The summed E-state index contributed by atoms with van der Waals surface area (Å²) in [5.41, 5.74) is 13.2. The minimum Gasteiger partial charge on any atom is -0.247 e. The molecule has 0 aromatic heterocycles. The number of benzene rings is 2. The van der Waals surface area contributed by atoms with Crippen LogP contribution < -0.4 is 5.32 Å². The van der Waals surface area contributed by atoms with Crippen LogP contribution in [0.5, 0.6) is 0 Å². The molecule has 0 spiro atoms. The fraction of sp³-hybridized carbons (Fsp3) is 0.333. The molecule has 0 N–H and O–H groups in total. The zero-order valence-electron chi connectivity index (χ0n) is 12.6. The number of nitrogens with zero attached hydrogens (tertiary/aromatic N) is 1. The molecule has 2 aromatic rings. The predicted molar refractivity (Wildman–Crippen MR) is 81.8 cm³/mol. The standard InChI is InChI=1S/C18H20N/c1-9-7-8-15-16(10(9)2)17-13(5)11(3)12(4)14(6)18(17)19-15/h7-8H,1-6H3. The maximum atomic E-state index is 4.88. The molecular weight excluding hydrogens is 230 g/mol. The first kappa shape index (κ1) is 12.3. The molecular formula is C18H20N. The van der Waals surface area contributed by atoms with Gasteiger partial charge in [-0.15, -0.1) is 0 Å². The van der Waals surface area contributed by atoms with E-state index in [2.05, 4.69) is 53.7 Å². The van der Waals surface area contributed by atoms with Crippen LogP contribution in [0.2, 0.25) is 0 Å². The Bertz CT molecular complexity index is 709. The molecule has 2 aromatic carbocycles. The van der Waals surface area contributed by atoms with E-state index in [1.165, 1.54) is 50.2 Å². The lowest BCUT2D eigenvalue weighted by Gasteiger charge is -2.15. The molecule has 1 heteroatoms. The van der Waals surface area contributed by atoms with Crippen molar-refractivity contribution in [3.8, 4) is 11.1 Å². The Morgan fingerprint density at radius 3 is 1.95 bits per heavy atom. The summed E-state index contributed by atoms with van der Waals surface area (Å²) >= 11 is 0. The van der Waals surface area contributed by atoms with Crippen LogP contribution in [0.3, 0.4) is 0 Å². The SMILES string of the molecule is Cc1ccc2c(c1C)-c1c(C)c(C)c(C)c(C)c1[N]2. The maximum absolute atomic E-state index is 4.88. The molecule has 0 aliphatic carbocycles. The Kier molecular flexibility index (Phi) is 2.50. The van der Waals surface area contributed by atoms with E-state index in [4.69, 9.17) is 5.32 Å². The van der Waals surface area contributed by atoms with Crippen molar-refractivity contribution in [2.24, 2.45) is 0 Å². The first-order valence-corrected chi connectivity index (χ1v) is 6.86. The molecule has 0 amide bonds. The van der Waals surface area contributed by atoms with Gasteiger partial charge < -0.3 is 0 Å². The van der Waals surface area contributed by atoms with Gasteiger partial charge in [-0.05, 0) is 81.0 Å². The van der Waals surface area contributed by atoms with Crippen LogP contribution in [-0.2, 0) is 0 Å². The molecule has 1 heterocycles. The summed E-state index contributed by atoms with van der Waals surface area (Å²) in [5.74, 6) is 0. The highest BCUT2D eigenvalue weighted by molar-refractivity contribution is 5.96. The largest absolute Gasteiger partial charge is 0.247 e. The van der Waals surface area contributed by atoms with Gasteiger partial charge in [-0.25, -0.2) is 5.32 Å². The molecule has 3 rings (SSSR count). The second-order valence-electron chi connectivity index (χ2n) is 5.74. The third kappa shape index (κ3) is 1.48. The van der Waals surface area contributed by atoms with Crippen LogP contribution in [0.1, 0.15) is 33.4 Å². The summed E-state index contributed by atoms with van der Waals surface area (Å²) in [6.45, 7) is 13.2. The zero-order valence-corrected chi connectivity index (χ0v) is 12.6. The quantitative estimate of drug-likeness (QED) is 0.528. The third-order valence-corrected chi connectivity index (χ3v) is 4.85. The smallest absolute Gasteiger partial charge is 0.0751 e. The predicted octanol–water partition coefficient (Wildman–Crippen LogP) is 5.09. The van der Waals surface area contributed by atoms with E-state index in [0.717, 1.165) is 5.69 Å². The van der Waals surface area contributed by atoms with Crippen LogP contribution in [0, 0.1) is 41.5 Å². The Morgan fingerprint density at radius 1 is 0.632 bits per heavy atom. The summed E-state index contributed by atoms with van der Waals surface area (Å²) in [6, 6.07) is 4.33. The highest BCUT2D eigenvalue weighted by Gasteiger charge is 2.27. The Morgan fingerprint density at radius 2 is 1.26 bits per heavy atom. The first-order chi connectivity index (χ1) is 8.93. The monoisotopic (exact) mass is 250 g/mol. The molecule has 0 saturated carbocycles. The van der Waals surface area contributed by atoms with Crippen molar-refractivity contribution in [2.75, 3.05) is 0 Å². The molecule has 19 heavy (non-hydrogen) atoms. The van der Waals surface area contributed by atoms with Gasteiger partial charge in [-0.2, -0.15) is 0 Å². The van der Waals surface area contributed by atoms with Crippen molar-refractivity contribution in [3.05, 3.63) is 45.5 Å². The van der Waals surface area contributed by atoms with E-state index in [1.54, 1.807) is 0 Å². The number of hydrogen-bond donors (Lipinski definition) is 0. The molecule has 0 bridgehead atoms. The van der Waals surface area contributed by atoms with Gasteiger partial charge in [0.05, 0.1) is 11.4 Å². The van der Waals surface area contributed by atoms with E-state index in [-0.39, 0.29) is 0 Å². The molecule has 97 valence electrons. The molecule has 0 atom stereocenters. The van der Waals surface area contributed by atoms with Crippen LogP contribution >= 0.6 is 0 Å². The van der Waals surface area contributed by atoms with E-state index in [9.17, 15) is 0 Å². The third-order valence-electron chi connectivity index (χ3n) is 4.85. The number of hydrogen-bond acceptors (Lipinski definition) is 0. The van der Waals surface area contributed by atoms with Crippen molar-refractivity contribution in [2.45, 2.75) is 41.5 Å². The van der Waals surface area contributed by atoms with Crippen LogP contribution in [0.4, 0.5) is 11.4 Å². The van der Waals surface area contributed by atoms with Crippen molar-refractivity contribution in [1.82, 2.24) is 5.32 Å².